The van der Waals surface area contributed by atoms with Crippen molar-refractivity contribution in [1.82, 2.24) is 4.98 Å². The molecule has 1 aromatic carbocycles. The van der Waals surface area contributed by atoms with E-state index in [0.29, 0.717) is 5.69 Å². The highest BCUT2D eigenvalue weighted by atomic mass is 79.9. The van der Waals surface area contributed by atoms with E-state index in [9.17, 15) is 4.79 Å². The first kappa shape index (κ1) is 13.5. The van der Waals surface area contributed by atoms with Crippen molar-refractivity contribution in [3.8, 4) is 0 Å². The number of carbonyl (C=O) groups excluding carboxylic acids is 1. The van der Waals surface area contributed by atoms with Gasteiger partial charge in [0.15, 0.2) is 0 Å². The van der Waals surface area contributed by atoms with Crippen LogP contribution in [0.4, 0.5) is 11.4 Å². The van der Waals surface area contributed by atoms with E-state index in [1.165, 1.54) is 0 Å². The molecular formula is C14H14BrN3O. The van der Waals surface area contributed by atoms with Crippen LogP contribution in [0.15, 0.2) is 34.9 Å². The van der Waals surface area contributed by atoms with Gasteiger partial charge in [-0.3, -0.25) is 4.79 Å². The summed E-state index contributed by atoms with van der Waals surface area (Å²) < 4.78 is 0.837. The summed E-state index contributed by atoms with van der Waals surface area (Å²) >= 11 is 3.28. The van der Waals surface area contributed by atoms with Gasteiger partial charge in [0, 0.05) is 22.0 Å². The minimum absolute atomic E-state index is 0.236. The lowest BCUT2D eigenvalue weighted by molar-refractivity contribution is 0.102. The Morgan fingerprint density at radius 1 is 1.26 bits per heavy atom. The molecule has 2 aromatic rings. The average Bonchev–Trinajstić information content (AvgIpc) is 2.36. The molecule has 98 valence electrons. The maximum Gasteiger partial charge on any atom is 0.274 e. The number of halogens is 1. The van der Waals surface area contributed by atoms with Crippen LogP contribution in [-0.2, 0) is 0 Å². The van der Waals surface area contributed by atoms with Gasteiger partial charge in [-0.2, -0.15) is 0 Å². The summed E-state index contributed by atoms with van der Waals surface area (Å²) in [4.78, 5) is 16.1. The maximum atomic E-state index is 12.1. The number of benzene rings is 1. The van der Waals surface area contributed by atoms with Crippen LogP contribution in [0.5, 0.6) is 0 Å². The van der Waals surface area contributed by atoms with Crippen LogP contribution in [0.1, 0.15) is 21.6 Å². The average molecular weight is 320 g/mol. The number of nitrogen functional groups attached to an aromatic ring is 1. The van der Waals surface area contributed by atoms with E-state index in [2.05, 4.69) is 26.2 Å². The van der Waals surface area contributed by atoms with E-state index in [0.717, 1.165) is 27.0 Å². The van der Waals surface area contributed by atoms with Crippen LogP contribution in [0, 0.1) is 13.8 Å². The minimum Gasteiger partial charge on any atom is -0.399 e. The number of amides is 1. The Morgan fingerprint density at radius 3 is 2.63 bits per heavy atom. The summed E-state index contributed by atoms with van der Waals surface area (Å²) in [6, 6.07) is 7.16. The summed E-state index contributed by atoms with van der Waals surface area (Å²) in [5.74, 6) is -0.236. The third kappa shape index (κ3) is 3.12. The quantitative estimate of drug-likeness (QED) is 0.834. The normalized spacial score (nSPS) is 10.3. The van der Waals surface area contributed by atoms with Gasteiger partial charge in [-0.15, -0.1) is 0 Å². The molecule has 0 fully saturated rings. The van der Waals surface area contributed by atoms with Crippen molar-refractivity contribution < 1.29 is 4.79 Å². The molecule has 3 N–H and O–H groups in total. The molecule has 0 aliphatic rings. The molecule has 1 heterocycles. The molecule has 5 heteroatoms. The molecule has 19 heavy (non-hydrogen) atoms. The Labute approximate surface area is 120 Å². The first-order chi connectivity index (χ1) is 8.97. The number of hydrogen-bond donors (Lipinski definition) is 2. The lowest BCUT2D eigenvalue weighted by atomic mass is 10.1. The number of aryl methyl sites for hydroxylation is 2. The van der Waals surface area contributed by atoms with Gasteiger partial charge in [0.1, 0.15) is 5.69 Å². The lowest BCUT2D eigenvalue weighted by Gasteiger charge is -2.11. The Morgan fingerprint density at radius 2 is 2.00 bits per heavy atom. The zero-order chi connectivity index (χ0) is 14.0. The second-order valence-corrected chi connectivity index (χ2v) is 5.26. The number of hydrogen-bond acceptors (Lipinski definition) is 3. The van der Waals surface area contributed by atoms with Gasteiger partial charge in [0.05, 0.1) is 0 Å². The van der Waals surface area contributed by atoms with Gasteiger partial charge >= 0.3 is 0 Å². The molecule has 4 nitrogen and oxygen atoms in total. The molecule has 1 aromatic heterocycles. The zero-order valence-electron chi connectivity index (χ0n) is 10.7. The first-order valence-electron chi connectivity index (χ1n) is 5.77. The van der Waals surface area contributed by atoms with Gasteiger partial charge in [0.25, 0.3) is 5.91 Å². The topological polar surface area (TPSA) is 68.0 Å². The summed E-state index contributed by atoms with van der Waals surface area (Å²) in [6.45, 7) is 3.81. The Kier molecular flexibility index (Phi) is 3.85. The lowest BCUT2D eigenvalue weighted by Crippen LogP contribution is -2.14. The molecule has 0 aliphatic heterocycles. The van der Waals surface area contributed by atoms with Crippen LogP contribution in [-0.4, -0.2) is 10.9 Å². The predicted octanol–water partition coefficient (Wildman–Crippen LogP) is 3.30. The van der Waals surface area contributed by atoms with Gasteiger partial charge in [-0.25, -0.2) is 4.98 Å². The van der Waals surface area contributed by atoms with Crippen molar-refractivity contribution in [1.29, 1.82) is 0 Å². The molecule has 0 bridgehead atoms. The number of nitrogens with zero attached hydrogens (tertiary/aromatic N) is 1. The number of carbonyl (C=O) groups is 1. The molecule has 0 radical (unpaired) electrons. The van der Waals surface area contributed by atoms with E-state index in [1.807, 2.05) is 26.0 Å². The van der Waals surface area contributed by atoms with Crippen LogP contribution < -0.4 is 11.1 Å². The number of nitrogens with two attached hydrogens (primary N) is 1. The minimum atomic E-state index is -0.236. The molecule has 0 atom stereocenters. The molecular weight excluding hydrogens is 306 g/mol. The van der Waals surface area contributed by atoms with Crippen molar-refractivity contribution in [3.05, 3.63) is 51.8 Å². The molecule has 2 rings (SSSR count). The first-order valence-corrected chi connectivity index (χ1v) is 6.56. The van der Waals surface area contributed by atoms with Crippen molar-refractivity contribution in [2.24, 2.45) is 0 Å². The van der Waals surface area contributed by atoms with Gasteiger partial charge < -0.3 is 11.1 Å². The van der Waals surface area contributed by atoms with Crippen LogP contribution in [0.2, 0.25) is 0 Å². The van der Waals surface area contributed by atoms with Gasteiger partial charge in [-0.05, 0) is 65.2 Å². The second-order valence-electron chi connectivity index (χ2n) is 4.34. The van der Waals surface area contributed by atoms with Crippen molar-refractivity contribution in [3.63, 3.8) is 0 Å². The maximum absolute atomic E-state index is 12.1. The number of nitrogens with one attached hydrogen (secondary N) is 1. The number of aromatic nitrogens is 1. The van der Waals surface area contributed by atoms with E-state index in [1.54, 1.807) is 18.3 Å². The van der Waals surface area contributed by atoms with E-state index >= 15 is 0 Å². The van der Waals surface area contributed by atoms with Gasteiger partial charge in [-0.1, -0.05) is 0 Å². The van der Waals surface area contributed by atoms with Crippen molar-refractivity contribution in [2.75, 3.05) is 11.1 Å². The third-order valence-corrected chi connectivity index (χ3v) is 3.29. The fourth-order valence-electron chi connectivity index (χ4n) is 1.67. The number of anilines is 2. The molecule has 0 spiro atoms. The van der Waals surface area contributed by atoms with E-state index in [-0.39, 0.29) is 5.91 Å². The molecule has 0 saturated heterocycles. The molecule has 1 amide bonds. The zero-order valence-corrected chi connectivity index (χ0v) is 12.3. The highest BCUT2D eigenvalue weighted by molar-refractivity contribution is 9.10. The third-order valence-electron chi connectivity index (χ3n) is 2.82. The van der Waals surface area contributed by atoms with Crippen LogP contribution >= 0.6 is 15.9 Å². The SMILES string of the molecule is Cc1cc(NC(=O)c2ccc(Br)cn2)c(C)cc1N. The van der Waals surface area contributed by atoms with Gasteiger partial charge in [0.2, 0.25) is 0 Å². The van der Waals surface area contributed by atoms with E-state index in [4.69, 9.17) is 5.73 Å². The molecule has 0 aliphatic carbocycles. The summed E-state index contributed by atoms with van der Waals surface area (Å²) in [6.07, 6.45) is 1.59. The molecule has 0 saturated carbocycles. The smallest absolute Gasteiger partial charge is 0.274 e. The highest BCUT2D eigenvalue weighted by Gasteiger charge is 2.10. The van der Waals surface area contributed by atoms with Crippen LogP contribution in [0.3, 0.4) is 0 Å². The summed E-state index contributed by atoms with van der Waals surface area (Å²) in [5, 5.41) is 2.84. The monoisotopic (exact) mass is 319 g/mol. The standard InChI is InChI=1S/C14H14BrN3O/c1-8-6-13(9(2)5-11(8)16)18-14(19)12-4-3-10(15)7-17-12/h3-7H,16H2,1-2H3,(H,18,19). The highest BCUT2D eigenvalue weighted by Crippen LogP contribution is 2.22. The summed E-state index contributed by atoms with van der Waals surface area (Å²) in [5.41, 5.74) is 9.52. The number of pyridine rings is 1. The number of rotatable bonds is 2. The fraction of sp³-hybridized carbons (Fsp3) is 0.143. The Balaban J connectivity index is 2.24. The predicted molar refractivity (Wildman–Crippen MR) is 80.2 cm³/mol. The summed E-state index contributed by atoms with van der Waals surface area (Å²) in [7, 11) is 0. The Hall–Kier alpha value is -1.88. The van der Waals surface area contributed by atoms with Crippen molar-refractivity contribution >= 4 is 33.2 Å². The Bertz CT molecular complexity index is 623. The van der Waals surface area contributed by atoms with Crippen LogP contribution in [0.25, 0.3) is 0 Å². The van der Waals surface area contributed by atoms with E-state index < -0.39 is 0 Å². The largest absolute Gasteiger partial charge is 0.399 e. The fourth-order valence-corrected chi connectivity index (χ4v) is 1.90. The molecule has 0 unspecified atom stereocenters. The second kappa shape index (κ2) is 5.40. The van der Waals surface area contributed by atoms with Crippen molar-refractivity contribution in [2.45, 2.75) is 13.8 Å².